The van der Waals surface area contributed by atoms with E-state index >= 15 is 0 Å². The molecule has 152 valence electrons. The molecule has 0 atom stereocenters. The lowest BCUT2D eigenvalue weighted by molar-refractivity contribution is 0.0769. The van der Waals surface area contributed by atoms with Crippen LogP contribution in [0.4, 0.5) is 5.69 Å². The van der Waals surface area contributed by atoms with Crippen molar-refractivity contribution in [1.29, 1.82) is 0 Å². The molecule has 1 aromatic heterocycles. The number of anilines is 1. The second-order valence-electron chi connectivity index (χ2n) is 6.95. The molecule has 0 radical (unpaired) electrons. The standard InChI is InChI=1S/C20H22N4O4S/c1-13-6-5-7-15(10-13)19-21-18(28-22-19)12-24(3)20(25)16-9-8-14(2)17(11-16)23-29(4,26)27/h5-11,23H,12H2,1-4H3. The van der Waals surface area contributed by atoms with Crippen LogP contribution in [-0.2, 0) is 16.6 Å². The Balaban J connectivity index is 1.75. The van der Waals surface area contributed by atoms with Crippen molar-refractivity contribution >= 4 is 21.6 Å². The molecule has 1 N–H and O–H groups in total. The normalized spacial score (nSPS) is 11.3. The molecule has 0 aliphatic carbocycles. The van der Waals surface area contributed by atoms with Gasteiger partial charge in [-0.15, -0.1) is 0 Å². The van der Waals surface area contributed by atoms with Crippen LogP contribution in [0.1, 0.15) is 27.4 Å². The maximum absolute atomic E-state index is 12.8. The number of sulfonamides is 1. The van der Waals surface area contributed by atoms with Crippen molar-refractivity contribution in [3.63, 3.8) is 0 Å². The van der Waals surface area contributed by atoms with E-state index in [9.17, 15) is 13.2 Å². The molecule has 3 rings (SSSR count). The summed E-state index contributed by atoms with van der Waals surface area (Å²) >= 11 is 0. The number of nitrogens with one attached hydrogen (secondary N) is 1. The Kier molecular flexibility index (Phi) is 5.69. The van der Waals surface area contributed by atoms with E-state index < -0.39 is 10.0 Å². The average molecular weight is 414 g/mol. The lowest BCUT2D eigenvalue weighted by atomic mass is 10.1. The summed E-state index contributed by atoms with van der Waals surface area (Å²) < 4.78 is 30.7. The average Bonchev–Trinajstić information content (AvgIpc) is 3.10. The van der Waals surface area contributed by atoms with Gasteiger partial charge < -0.3 is 9.42 Å². The van der Waals surface area contributed by atoms with E-state index in [1.165, 1.54) is 11.0 Å². The van der Waals surface area contributed by atoms with Gasteiger partial charge in [0.1, 0.15) is 0 Å². The first-order valence-electron chi connectivity index (χ1n) is 8.86. The highest BCUT2D eigenvalue weighted by molar-refractivity contribution is 7.92. The minimum Gasteiger partial charge on any atom is -0.337 e. The van der Waals surface area contributed by atoms with Crippen LogP contribution in [0.25, 0.3) is 11.4 Å². The van der Waals surface area contributed by atoms with Gasteiger partial charge in [0.15, 0.2) is 0 Å². The third-order valence-corrected chi connectivity index (χ3v) is 4.83. The molecule has 2 aromatic carbocycles. The van der Waals surface area contributed by atoms with Gasteiger partial charge in [0.25, 0.3) is 5.91 Å². The highest BCUT2D eigenvalue weighted by atomic mass is 32.2. The number of carbonyl (C=O) groups excluding carboxylic acids is 1. The van der Waals surface area contributed by atoms with Gasteiger partial charge in [-0.2, -0.15) is 4.98 Å². The van der Waals surface area contributed by atoms with Gasteiger partial charge in [0.2, 0.25) is 21.7 Å². The van der Waals surface area contributed by atoms with Crippen LogP contribution in [-0.4, -0.2) is 42.7 Å². The number of rotatable bonds is 6. The van der Waals surface area contributed by atoms with Gasteiger partial charge in [0.05, 0.1) is 18.5 Å². The van der Waals surface area contributed by atoms with Crippen molar-refractivity contribution in [1.82, 2.24) is 15.0 Å². The van der Waals surface area contributed by atoms with Crippen LogP contribution in [0.3, 0.4) is 0 Å². The minimum atomic E-state index is -3.45. The lowest BCUT2D eigenvalue weighted by Crippen LogP contribution is -2.26. The Morgan fingerprint density at radius 1 is 1.17 bits per heavy atom. The molecule has 29 heavy (non-hydrogen) atoms. The van der Waals surface area contributed by atoms with Crippen LogP contribution >= 0.6 is 0 Å². The first-order chi connectivity index (χ1) is 13.6. The van der Waals surface area contributed by atoms with E-state index in [0.717, 1.165) is 17.4 Å². The summed E-state index contributed by atoms with van der Waals surface area (Å²) in [6.07, 6.45) is 1.06. The third-order valence-electron chi connectivity index (χ3n) is 4.24. The first-order valence-corrected chi connectivity index (χ1v) is 10.7. The van der Waals surface area contributed by atoms with Gasteiger partial charge in [-0.25, -0.2) is 8.42 Å². The zero-order chi connectivity index (χ0) is 21.2. The number of amides is 1. The molecule has 3 aromatic rings. The molecule has 0 unspecified atom stereocenters. The number of hydrogen-bond donors (Lipinski definition) is 1. The van der Waals surface area contributed by atoms with E-state index in [-0.39, 0.29) is 12.5 Å². The van der Waals surface area contributed by atoms with Crippen LogP contribution in [0.2, 0.25) is 0 Å². The van der Waals surface area contributed by atoms with Crippen molar-refractivity contribution in [2.24, 2.45) is 0 Å². The number of carbonyl (C=O) groups is 1. The monoisotopic (exact) mass is 414 g/mol. The summed E-state index contributed by atoms with van der Waals surface area (Å²) in [7, 11) is -1.83. The summed E-state index contributed by atoms with van der Waals surface area (Å²) in [5.74, 6) is 0.468. The summed E-state index contributed by atoms with van der Waals surface area (Å²) in [6.45, 7) is 3.86. The molecule has 0 aliphatic rings. The molecule has 0 bridgehead atoms. The minimum absolute atomic E-state index is 0.125. The third kappa shape index (κ3) is 5.20. The van der Waals surface area contributed by atoms with E-state index in [1.54, 1.807) is 26.1 Å². The Morgan fingerprint density at radius 3 is 2.62 bits per heavy atom. The fourth-order valence-electron chi connectivity index (χ4n) is 2.78. The zero-order valence-corrected chi connectivity index (χ0v) is 17.4. The second-order valence-corrected chi connectivity index (χ2v) is 8.69. The zero-order valence-electron chi connectivity index (χ0n) is 16.6. The fourth-order valence-corrected chi connectivity index (χ4v) is 3.40. The molecule has 0 spiro atoms. The van der Waals surface area contributed by atoms with Gasteiger partial charge >= 0.3 is 0 Å². The fraction of sp³-hybridized carbons (Fsp3) is 0.250. The summed E-state index contributed by atoms with van der Waals surface area (Å²) in [6, 6.07) is 12.6. The maximum atomic E-state index is 12.8. The quantitative estimate of drug-likeness (QED) is 0.665. The van der Waals surface area contributed by atoms with Crippen LogP contribution < -0.4 is 4.72 Å². The maximum Gasteiger partial charge on any atom is 0.254 e. The highest BCUT2D eigenvalue weighted by Crippen LogP contribution is 2.20. The molecule has 1 heterocycles. The second kappa shape index (κ2) is 8.04. The molecule has 0 saturated heterocycles. The van der Waals surface area contributed by atoms with Gasteiger partial charge in [-0.1, -0.05) is 35.0 Å². The number of nitrogens with zero attached hydrogens (tertiary/aromatic N) is 3. The summed E-state index contributed by atoms with van der Waals surface area (Å²) in [4.78, 5) is 18.5. The first kappa shape index (κ1) is 20.5. The molecule has 9 heteroatoms. The number of aryl methyl sites for hydroxylation is 2. The van der Waals surface area contributed by atoms with Gasteiger partial charge in [-0.3, -0.25) is 9.52 Å². The molecular formula is C20H22N4O4S. The Morgan fingerprint density at radius 2 is 1.93 bits per heavy atom. The van der Waals surface area contributed by atoms with E-state index in [4.69, 9.17) is 4.52 Å². The number of hydrogen-bond acceptors (Lipinski definition) is 6. The molecule has 1 amide bonds. The predicted octanol–water partition coefficient (Wildman–Crippen LogP) is 3.00. The van der Waals surface area contributed by atoms with Crippen molar-refractivity contribution in [3.8, 4) is 11.4 Å². The van der Waals surface area contributed by atoms with E-state index in [1.807, 2.05) is 31.2 Å². The van der Waals surface area contributed by atoms with Crippen LogP contribution in [0.5, 0.6) is 0 Å². The largest absolute Gasteiger partial charge is 0.337 e. The smallest absolute Gasteiger partial charge is 0.254 e. The van der Waals surface area contributed by atoms with E-state index in [0.29, 0.717) is 28.5 Å². The SMILES string of the molecule is Cc1cccc(-c2noc(CN(C)C(=O)c3ccc(C)c(NS(C)(=O)=O)c3)n2)c1. The summed E-state index contributed by atoms with van der Waals surface area (Å²) in [5, 5.41) is 3.98. The van der Waals surface area contributed by atoms with Crippen molar-refractivity contribution in [2.45, 2.75) is 20.4 Å². The lowest BCUT2D eigenvalue weighted by Gasteiger charge is -2.16. The Bertz CT molecular complexity index is 1150. The van der Waals surface area contributed by atoms with Gasteiger partial charge in [0, 0.05) is 18.2 Å². The van der Waals surface area contributed by atoms with Crippen molar-refractivity contribution < 1.29 is 17.7 Å². The molecule has 0 saturated carbocycles. The highest BCUT2D eigenvalue weighted by Gasteiger charge is 2.18. The van der Waals surface area contributed by atoms with Crippen molar-refractivity contribution in [2.75, 3.05) is 18.0 Å². The molecule has 0 aliphatic heterocycles. The number of benzene rings is 2. The number of aromatic nitrogens is 2. The van der Waals surface area contributed by atoms with Gasteiger partial charge in [-0.05, 0) is 37.6 Å². The predicted molar refractivity (Wildman–Crippen MR) is 110 cm³/mol. The Hall–Kier alpha value is -3.20. The molecular weight excluding hydrogens is 392 g/mol. The van der Waals surface area contributed by atoms with E-state index in [2.05, 4.69) is 14.9 Å². The molecule has 0 fully saturated rings. The van der Waals surface area contributed by atoms with Crippen LogP contribution in [0.15, 0.2) is 47.0 Å². The van der Waals surface area contributed by atoms with Crippen molar-refractivity contribution in [3.05, 3.63) is 65.0 Å². The topological polar surface area (TPSA) is 105 Å². The van der Waals surface area contributed by atoms with Crippen LogP contribution in [0, 0.1) is 13.8 Å². The Labute approximate surface area is 169 Å². The molecule has 8 nitrogen and oxygen atoms in total. The summed E-state index contributed by atoms with van der Waals surface area (Å²) in [5.41, 5.74) is 3.35.